The third-order valence-electron chi connectivity index (χ3n) is 3.28. The smallest absolute Gasteiger partial charge is 0.305 e. The Morgan fingerprint density at radius 1 is 1.00 bits per heavy atom. The van der Waals surface area contributed by atoms with Crippen molar-refractivity contribution in [3.05, 3.63) is 57.6 Å². The highest BCUT2D eigenvalue weighted by Gasteiger charge is 2.16. The van der Waals surface area contributed by atoms with Gasteiger partial charge in [-0.15, -0.1) is 0 Å². The number of fused-ring (bicyclic) bond motifs is 1. The number of aryl methyl sites for hydroxylation is 2. The molecule has 0 aliphatic carbocycles. The molecular weight excluding hydrogens is 364 g/mol. The number of carbonyl (C=O) groups excluding carboxylic acids is 2. The Labute approximate surface area is 139 Å². The van der Waals surface area contributed by atoms with Crippen molar-refractivity contribution in [3.8, 4) is 0 Å². The fourth-order valence-corrected chi connectivity index (χ4v) is 2.60. The van der Waals surface area contributed by atoms with E-state index in [0.717, 1.165) is 9.86 Å². The third-order valence-corrected chi connectivity index (χ3v) is 3.77. The van der Waals surface area contributed by atoms with Crippen LogP contribution in [0.25, 0.3) is 11.0 Å². The predicted molar refractivity (Wildman–Crippen MR) is 87.0 cm³/mol. The van der Waals surface area contributed by atoms with Crippen LogP contribution in [0.2, 0.25) is 0 Å². The van der Waals surface area contributed by atoms with E-state index in [1.54, 1.807) is 32.0 Å². The summed E-state index contributed by atoms with van der Waals surface area (Å²) in [7, 11) is 0. The summed E-state index contributed by atoms with van der Waals surface area (Å²) in [6.07, 6.45) is 0. The van der Waals surface area contributed by atoms with E-state index in [9.17, 15) is 9.59 Å². The van der Waals surface area contributed by atoms with Gasteiger partial charge in [-0.05, 0) is 44.2 Å². The highest BCUT2D eigenvalue weighted by Crippen LogP contribution is 2.23. The molecule has 2 amide bonds. The van der Waals surface area contributed by atoms with Gasteiger partial charge < -0.3 is 8.83 Å². The quantitative estimate of drug-likeness (QED) is 0.670. The number of amides is 2. The van der Waals surface area contributed by atoms with Crippen LogP contribution in [0.1, 0.15) is 32.4 Å². The van der Waals surface area contributed by atoms with Gasteiger partial charge in [-0.3, -0.25) is 20.4 Å². The number of halogens is 1. The zero-order valence-electron chi connectivity index (χ0n) is 12.4. The Morgan fingerprint density at radius 3 is 2.43 bits per heavy atom. The van der Waals surface area contributed by atoms with Crippen molar-refractivity contribution in [2.75, 3.05) is 0 Å². The lowest BCUT2D eigenvalue weighted by Gasteiger charge is -2.04. The largest absolute Gasteiger partial charge is 0.466 e. The molecule has 0 fully saturated rings. The number of carbonyl (C=O) groups is 2. The van der Waals surface area contributed by atoms with Gasteiger partial charge in [0.1, 0.15) is 17.1 Å². The van der Waals surface area contributed by atoms with Crippen molar-refractivity contribution >= 4 is 38.7 Å². The molecule has 7 heteroatoms. The lowest BCUT2D eigenvalue weighted by atomic mass is 10.2. The second-order valence-corrected chi connectivity index (χ2v) is 5.94. The fraction of sp³-hybridized carbons (Fsp3) is 0.125. The summed E-state index contributed by atoms with van der Waals surface area (Å²) in [4.78, 5) is 24.1. The molecule has 3 aromatic rings. The number of hydrogen-bond acceptors (Lipinski definition) is 4. The first-order valence-electron chi connectivity index (χ1n) is 6.81. The molecule has 0 saturated heterocycles. The summed E-state index contributed by atoms with van der Waals surface area (Å²) in [6.45, 7) is 3.43. The standard InChI is InChI=1S/C16H13BrN2O4/c1-8-5-12(9(2)22-8)15(20)18-19-16(21)14-7-10-6-11(17)3-4-13(10)23-14/h3-7H,1-2H3,(H,18,20)(H,19,21). The van der Waals surface area contributed by atoms with Gasteiger partial charge in [0.25, 0.3) is 5.91 Å². The molecule has 0 radical (unpaired) electrons. The van der Waals surface area contributed by atoms with E-state index >= 15 is 0 Å². The summed E-state index contributed by atoms with van der Waals surface area (Å²) in [5.74, 6) is 0.235. The minimum Gasteiger partial charge on any atom is -0.466 e. The van der Waals surface area contributed by atoms with Crippen molar-refractivity contribution < 1.29 is 18.4 Å². The second kappa shape index (κ2) is 5.92. The Kier molecular flexibility index (Phi) is 3.96. The molecule has 0 aliphatic rings. The Balaban J connectivity index is 1.71. The minimum absolute atomic E-state index is 0.110. The van der Waals surface area contributed by atoms with E-state index in [2.05, 4.69) is 26.8 Å². The maximum atomic E-state index is 12.1. The lowest BCUT2D eigenvalue weighted by molar-refractivity contribution is 0.0831. The third kappa shape index (κ3) is 3.14. The molecule has 2 N–H and O–H groups in total. The Hall–Kier alpha value is -2.54. The van der Waals surface area contributed by atoms with Crippen molar-refractivity contribution in [3.63, 3.8) is 0 Å². The van der Waals surface area contributed by atoms with Crippen molar-refractivity contribution in [2.24, 2.45) is 0 Å². The Bertz CT molecular complexity index is 910. The topological polar surface area (TPSA) is 84.5 Å². The number of benzene rings is 1. The highest BCUT2D eigenvalue weighted by atomic mass is 79.9. The lowest BCUT2D eigenvalue weighted by Crippen LogP contribution is -2.41. The van der Waals surface area contributed by atoms with Crippen LogP contribution in [0, 0.1) is 13.8 Å². The van der Waals surface area contributed by atoms with Crippen molar-refractivity contribution in [1.82, 2.24) is 10.9 Å². The first-order valence-corrected chi connectivity index (χ1v) is 7.60. The molecule has 0 saturated carbocycles. The number of furan rings is 2. The molecule has 0 aliphatic heterocycles. The Morgan fingerprint density at radius 2 is 1.74 bits per heavy atom. The van der Waals surface area contributed by atoms with E-state index < -0.39 is 11.8 Å². The van der Waals surface area contributed by atoms with Gasteiger partial charge in [0.2, 0.25) is 0 Å². The maximum Gasteiger partial charge on any atom is 0.305 e. The predicted octanol–water partition coefficient (Wildman–Crippen LogP) is 3.48. The van der Waals surface area contributed by atoms with Crippen LogP contribution >= 0.6 is 15.9 Å². The van der Waals surface area contributed by atoms with Crippen LogP contribution in [0.3, 0.4) is 0 Å². The van der Waals surface area contributed by atoms with Crippen LogP contribution < -0.4 is 10.9 Å². The molecule has 0 spiro atoms. The van der Waals surface area contributed by atoms with E-state index in [-0.39, 0.29) is 5.76 Å². The van der Waals surface area contributed by atoms with E-state index in [4.69, 9.17) is 8.83 Å². The average Bonchev–Trinajstić information content (AvgIpc) is 3.06. The minimum atomic E-state index is -0.538. The van der Waals surface area contributed by atoms with Crippen molar-refractivity contribution in [2.45, 2.75) is 13.8 Å². The van der Waals surface area contributed by atoms with Gasteiger partial charge in [-0.2, -0.15) is 0 Å². The molecule has 118 valence electrons. The summed E-state index contributed by atoms with van der Waals surface area (Å²) in [5.41, 5.74) is 5.62. The fourth-order valence-electron chi connectivity index (χ4n) is 2.22. The van der Waals surface area contributed by atoms with Gasteiger partial charge in [-0.25, -0.2) is 0 Å². The number of hydrogen-bond donors (Lipinski definition) is 2. The molecular formula is C16H13BrN2O4. The van der Waals surface area contributed by atoms with Crippen LogP contribution in [0.15, 0.2) is 43.6 Å². The van der Waals surface area contributed by atoms with Gasteiger partial charge in [0.05, 0.1) is 5.56 Å². The normalized spacial score (nSPS) is 10.7. The summed E-state index contributed by atoms with van der Waals surface area (Å²) < 4.78 is 11.6. The zero-order chi connectivity index (χ0) is 16.6. The monoisotopic (exact) mass is 376 g/mol. The zero-order valence-corrected chi connectivity index (χ0v) is 14.0. The summed E-state index contributed by atoms with van der Waals surface area (Å²) in [5, 5.41) is 0.789. The van der Waals surface area contributed by atoms with E-state index in [1.165, 1.54) is 0 Å². The first-order chi connectivity index (χ1) is 10.9. The number of rotatable bonds is 2. The summed E-state index contributed by atoms with van der Waals surface area (Å²) in [6, 6.07) is 8.63. The maximum absolute atomic E-state index is 12.1. The first kappa shape index (κ1) is 15.4. The van der Waals surface area contributed by atoms with E-state index in [0.29, 0.717) is 22.7 Å². The molecule has 0 unspecified atom stereocenters. The molecule has 2 aromatic heterocycles. The van der Waals surface area contributed by atoms with Crippen molar-refractivity contribution in [1.29, 1.82) is 0 Å². The molecule has 2 heterocycles. The molecule has 0 atom stereocenters. The second-order valence-electron chi connectivity index (χ2n) is 5.03. The van der Waals surface area contributed by atoms with Gasteiger partial charge in [0.15, 0.2) is 5.76 Å². The van der Waals surface area contributed by atoms with Gasteiger partial charge >= 0.3 is 5.91 Å². The molecule has 0 bridgehead atoms. The van der Waals surface area contributed by atoms with Gasteiger partial charge in [0, 0.05) is 9.86 Å². The van der Waals surface area contributed by atoms with Crippen LogP contribution in [-0.4, -0.2) is 11.8 Å². The number of nitrogens with one attached hydrogen (secondary N) is 2. The van der Waals surface area contributed by atoms with Gasteiger partial charge in [-0.1, -0.05) is 15.9 Å². The van der Waals surface area contributed by atoms with Crippen LogP contribution in [0.4, 0.5) is 0 Å². The van der Waals surface area contributed by atoms with Crippen LogP contribution in [0.5, 0.6) is 0 Å². The van der Waals surface area contributed by atoms with Crippen LogP contribution in [-0.2, 0) is 0 Å². The molecule has 3 rings (SSSR count). The molecule has 6 nitrogen and oxygen atoms in total. The van der Waals surface area contributed by atoms with E-state index in [1.807, 2.05) is 12.1 Å². The highest BCUT2D eigenvalue weighted by molar-refractivity contribution is 9.10. The molecule has 1 aromatic carbocycles. The molecule has 23 heavy (non-hydrogen) atoms. The summed E-state index contributed by atoms with van der Waals surface area (Å²) >= 11 is 3.36. The average molecular weight is 377 g/mol. The SMILES string of the molecule is Cc1cc(C(=O)NNC(=O)c2cc3cc(Br)ccc3o2)c(C)o1. The number of hydrazine groups is 1.